The highest BCUT2D eigenvalue weighted by Crippen LogP contribution is 2.18. The molecular weight excluding hydrogens is 315 g/mol. The van der Waals surface area contributed by atoms with Crippen LogP contribution in [0.2, 0.25) is 0 Å². The predicted molar refractivity (Wildman–Crippen MR) is 89.9 cm³/mol. The third-order valence-electron chi connectivity index (χ3n) is 3.38. The van der Waals surface area contributed by atoms with Gasteiger partial charge in [-0.2, -0.15) is 0 Å². The molecule has 2 rings (SSSR count). The fraction of sp³-hybridized carbons (Fsp3) is 0.375. The Morgan fingerprint density at radius 1 is 1.39 bits per heavy atom. The normalized spacial score (nSPS) is 12.2. The van der Waals surface area contributed by atoms with Crippen LogP contribution in [0.15, 0.2) is 29.6 Å². The third kappa shape index (κ3) is 5.30. The van der Waals surface area contributed by atoms with Crippen molar-refractivity contribution >= 4 is 17.4 Å². The molecular formula is C16H21FN4OS. The van der Waals surface area contributed by atoms with E-state index in [-0.39, 0.29) is 17.9 Å². The highest BCUT2D eigenvalue weighted by atomic mass is 32.1. The quantitative estimate of drug-likeness (QED) is 0.853. The largest absolute Gasteiger partial charge is 0.336 e. The number of likely N-dealkylation sites (N-methyl/N-ethyl adjacent to an activating group) is 1. The molecule has 0 saturated heterocycles. The fourth-order valence-electron chi connectivity index (χ4n) is 2.20. The van der Waals surface area contributed by atoms with Crippen molar-refractivity contribution < 1.29 is 9.18 Å². The van der Waals surface area contributed by atoms with E-state index in [2.05, 4.69) is 15.6 Å². The summed E-state index contributed by atoms with van der Waals surface area (Å²) in [6.07, 6.45) is 0. The van der Waals surface area contributed by atoms with E-state index in [1.165, 1.54) is 23.5 Å². The van der Waals surface area contributed by atoms with Gasteiger partial charge in [0.05, 0.1) is 12.6 Å². The number of aryl methyl sites for hydroxylation is 1. The number of rotatable bonds is 6. The number of hydrogen-bond donors (Lipinski definition) is 2. The van der Waals surface area contributed by atoms with Crippen molar-refractivity contribution in [3.63, 3.8) is 0 Å². The molecule has 0 bridgehead atoms. The zero-order valence-corrected chi connectivity index (χ0v) is 14.3. The van der Waals surface area contributed by atoms with Crippen LogP contribution in [-0.4, -0.2) is 36.6 Å². The van der Waals surface area contributed by atoms with Gasteiger partial charge in [-0.25, -0.2) is 14.2 Å². The van der Waals surface area contributed by atoms with Crippen LogP contribution in [-0.2, 0) is 6.54 Å². The van der Waals surface area contributed by atoms with Gasteiger partial charge in [-0.3, -0.25) is 0 Å². The molecule has 0 aliphatic heterocycles. The first kappa shape index (κ1) is 17.4. The minimum atomic E-state index is -0.280. The number of carbonyl (C=O) groups is 1. The van der Waals surface area contributed by atoms with E-state index in [9.17, 15) is 9.18 Å². The van der Waals surface area contributed by atoms with E-state index in [1.54, 1.807) is 6.07 Å². The number of aromatic nitrogens is 1. The first-order valence-electron chi connectivity index (χ1n) is 7.30. The van der Waals surface area contributed by atoms with Crippen LogP contribution < -0.4 is 10.6 Å². The van der Waals surface area contributed by atoms with Gasteiger partial charge < -0.3 is 15.5 Å². The Bertz CT molecular complexity index is 659. The van der Waals surface area contributed by atoms with Crippen LogP contribution >= 0.6 is 11.3 Å². The molecule has 0 spiro atoms. The van der Waals surface area contributed by atoms with Crippen LogP contribution in [0, 0.1) is 12.7 Å². The second-order valence-corrected chi connectivity index (χ2v) is 6.42. The van der Waals surface area contributed by atoms with Crippen molar-refractivity contribution in [1.82, 2.24) is 20.5 Å². The Kier molecular flexibility index (Phi) is 6.06. The van der Waals surface area contributed by atoms with Crippen molar-refractivity contribution in [3.05, 3.63) is 51.7 Å². The average Bonchev–Trinajstić information content (AvgIpc) is 2.91. The highest BCUT2D eigenvalue weighted by molar-refractivity contribution is 7.09. The number of benzene rings is 1. The summed E-state index contributed by atoms with van der Waals surface area (Å²) in [5.74, 6) is -0.280. The van der Waals surface area contributed by atoms with Crippen LogP contribution in [0.5, 0.6) is 0 Å². The summed E-state index contributed by atoms with van der Waals surface area (Å²) in [4.78, 5) is 18.1. The summed E-state index contributed by atoms with van der Waals surface area (Å²) >= 11 is 1.52. The molecule has 0 aliphatic rings. The van der Waals surface area contributed by atoms with Gasteiger partial charge in [0.1, 0.15) is 10.8 Å². The van der Waals surface area contributed by atoms with E-state index < -0.39 is 0 Å². The first-order valence-corrected chi connectivity index (χ1v) is 8.18. The molecule has 1 aromatic carbocycles. The molecule has 23 heavy (non-hydrogen) atoms. The highest BCUT2D eigenvalue weighted by Gasteiger charge is 2.15. The van der Waals surface area contributed by atoms with Gasteiger partial charge in [0.15, 0.2) is 0 Å². The van der Waals surface area contributed by atoms with Crippen molar-refractivity contribution in [3.8, 4) is 0 Å². The first-order chi connectivity index (χ1) is 11.0. The molecule has 124 valence electrons. The Morgan fingerprint density at radius 3 is 2.78 bits per heavy atom. The lowest BCUT2D eigenvalue weighted by molar-refractivity contribution is 0.232. The van der Waals surface area contributed by atoms with Crippen LogP contribution in [0.3, 0.4) is 0 Å². The second kappa shape index (κ2) is 8.03. The van der Waals surface area contributed by atoms with Crippen LogP contribution in [0.25, 0.3) is 0 Å². The van der Waals surface area contributed by atoms with Crippen molar-refractivity contribution in [2.45, 2.75) is 19.5 Å². The minimum absolute atomic E-state index is 0.0986. The van der Waals surface area contributed by atoms with Gasteiger partial charge in [-0.15, -0.1) is 11.3 Å². The summed E-state index contributed by atoms with van der Waals surface area (Å²) in [6.45, 7) is 2.71. The molecule has 0 aliphatic carbocycles. The predicted octanol–water partition coefficient (Wildman–Crippen LogP) is 2.69. The van der Waals surface area contributed by atoms with E-state index in [0.29, 0.717) is 13.1 Å². The van der Waals surface area contributed by atoms with Gasteiger partial charge >= 0.3 is 6.03 Å². The number of halogens is 1. The van der Waals surface area contributed by atoms with Gasteiger partial charge in [0.25, 0.3) is 0 Å². The number of carbonyl (C=O) groups excluding carboxylic acids is 1. The molecule has 7 heteroatoms. The number of urea groups is 1. The molecule has 2 amide bonds. The van der Waals surface area contributed by atoms with Gasteiger partial charge in [-0.05, 0) is 38.7 Å². The lowest BCUT2D eigenvalue weighted by atomic mass is 10.1. The van der Waals surface area contributed by atoms with Crippen molar-refractivity contribution in [2.75, 3.05) is 20.6 Å². The summed E-state index contributed by atoms with van der Waals surface area (Å²) in [5, 5.41) is 8.41. The zero-order chi connectivity index (χ0) is 16.8. The van der Waals surface area contributed by atoms with Gasteiger partial charge in [0, 0.05) is 17.6 Å². The van der Waals surface area contributed by atoms with Crippen LogP contribution in [0.1, 0.15) is 22.3 Å². The summed E-state index contributed by atoms with van der Waals surface area (Å²) in [6, 6.07) is 6.06. The number of nitrogens with one attached hydrogen (secondary N) is 2. The molecule has 1 heterocycles. The molecule has 0 radical (unpaired) electrons. The van der Waals surface area contributed by atoms with E-state index >= 15 is 0 Å². The molecule has 1 atom stereocenters. The Hall–Kier alpha value is -1.99. The zero-order valence-electron chi connectivity index (χ0n) is 13.5. The molecule has 5 nitrogen and oxygen atoms in total. The number of nitrogens with zero attached hydrogens (tertiary/aromatic N) is 2. The maximum Gasteiger partial charge on any atom is 0.315 e. The second-order valence-electron chi connectivity index (χ2n) is 5.48. The SMILES string of the molecule is Cc1csc(CNC(=O)NC[C@@H](c2cccc(F)c2)N(C)C)n1. The summed E-state index contributed by atoms with van der Waals surface area (Å²) in [5.41, 5.74) is 1.77. The summed E-state index contributed by atoms with van der Waals surface area (Å²) < 4.78 is 13.4. The van der Waals surface area contributed by atoms with E-state index in [4.69, 9.17) is 0 Å². The van der Waals surface area contributed by atoms with Crippen molar-refractivity contribution in [2.24, 2.45) is 0 Å². The Labute approximate surface area is 139 Å². The smallest absolute Gasteiger partial charge is 0.315 e. The molecule has 0 fully saturated rings. The molecule has 1 aromatic heterocycles. The van der Waals surface area contributed by atoms with E-state index in [1.807, 2.05) is 37.4 Å². The Morgan fingerprint density at radius 2 is 2.17 bits per heavy atom. The monoisotopic (exact) mass is 336 g/mol. The van der Waals surface area contributed by atoms with Crippen molar-refractivity contribution in [1.29, 1.82) is 0 Å². The fourth-order valence-corrected chi connectivity index (χ4v) is 2.92. The summed E-state index contributed by atoms with van der Waals surface area (Å²) in [7, 11) is 3.79. The topological polar surface area (TPSA) is 57.3 Å². The Balaban J connectivity index is 1.87. The maximum atomic E-state index is 13.4. The number of amides is 2. The van der Waals surface area contributed by atoms with E-state index in [0.717, 1.165) is 16.3 Å². The number of hydrogen-bond acceptors (Lipinski definition) is 4. The standard InChI is InChI=1S/C16H21FN4OS/c1-11-10-23-15(20-11)9-19-16(22)18-8-14(21(2)3)12-5-4-6-13(17)7-12/h4-7,10,14H,8-9H2,1-3H3,(H2,18,19,22)/t14-/m0/s1. The molecule has 0 unspecified atom stereocenters. The lowest BCUT2D eigenvalue weighted by Crippen LogP contribution is -2.40. The number of thiazole rings is 1. The average molecular weight is 336 g/mol. The lowest BCUT2D eigenvalue weighted by Gasteiger charge is -2.25. The molecule has 2 aromatic rings. The maximum absolute atomic E-state index is 13.4. The van der Waals surface area contributed by atoms with Gasteiger partial charge in [-0.1, -0.05) is 12.1 Å². The minimum Gasteiger partial charge on any atom is -0.336 e. The third-order valence-corrected chi connectivity index (χ3v) is 4.35. The van der Waals surface area contributed by atoms with Gasteiger partial charge in [0.2, 0.25) is 0 Å². The molecule has 0 saturated carbocycles. The molecule has 2 N–H and O–H groups in total. The van der Waals surface area contributed by atoms with Crippen LogP contribution in [0.4, 0.5) is 9.18 Å².